The lowest BCUT2D eigenvalue weighted by Crippen LogP contribution is -1.98. The van der Waals surface area contributed by atoms with E-state index >= 15 is 0 Å². The van der Waals surface area contributed by atoms with Crippen LogP contribution in [0.3, 0.4) is 0 Å². The molecule has 0 N–H and O–H groups in total. The highest BCUT2D eigenvalue weighted by Crippen LogP contribution is 2.26. The molecule has 2 aromatic heterocycles. The Labute approximate surface area is 164 Å². The number of ketones is 1. The van der Waals surface area contributed by atoms with Gasteiger partial charge in [0.25, 0.3) is 5.22 Å². The van der Waals surface area contributed by atoms with E-state index in [9.17, 15) is 4.79 Å². The molecule has 7 heteroatoms. The summed E-state index contributed by atoms with van der Waals surface area (Å²) in [5, 5.41) is 9.10. The van der Waals surface area contributed by atoms with Crippen LogP contribution < -0.4 is 0 Å². The fraction of sp³-hybridized carbons (Fsp3) is 0.0500. The van der Waals surface area contributed by atoms with Gasteiger partial charge in [-0.1, -0.05) is 41.6 Å². The summed E-state index contributed by atoms with van der Waals surface area (Å²) in [5.74, 6) is 1.69. The first-order chi connectivity index (χ1) is 13.2. The van der Waals surface area contributed by atoms with Crippen LogP contribution in [-0.2, 0) is 5.75 Å². The highest BCUT2D eigenvalue weighted by Gasteiger charge is 2.15. The molecule has 0 amide bonds. The molecule has 0 saturated carbocycles. The quantitative estimate of drug-likeness (QED) is 0.316. The molecule has 4 aromatic rings. The van der Waals surface area contributed by atoms with Crippen LogP contribution in [-0.4, -0.2) is 16.0 Å². The summed E-state index contributed by atoms with van der Waals surface area (Å²) in [5.41, 5.74) is 1.39. The van der Waals surface area contributed by atoms with Crippen molar-refractivity contribution in [1.82, 2.24) is 10.2 Å². The van der Waals surface area contributed by atoms with Crippen LogP contribution in [0.5, 0.6) is 0 Å². The maximum atomic E-state index is 12.4. The molecule has 0 fully saturated rings. The van der Waals surface area contributed by atoms with Gasteiger partial charge in [0.15, 0.2) is 5.76 Å². The minimum Gasteiger partial charge on any atom is -0.457 e. The Morgan fingerprint density at radius 3 is 2.48 bits per heavy atom. The number of carbonyl (C=O) groups excluding carboxylic acids is 1. The normalized spacial score (nSPS) is 10.9. The van der Waals surface area contributed by atoms with Gasteiger partial charge in [-0.3, -0.25) is 4.79 Å². The van der Waals surface area contributed by atoms with Gasteiger partial charge in [-0.25, -0.2) is 0 Å². The van der Waals surface area contributed by atoms with Gasteiger partial charge in [-0.15, -0.1) is 10.2 Å². The summed E-state index contributed by atoms with van der Waals surface area (Å²) in [6.07, 6.45) is 0. The topological polar surface area (TPSA) is 69.1 Å². The van der Waals surface area contributed by atoms with Crippen LogP contribution in [0, 0.1) is 0 Å². The predicted octanol–water partition coefficient (Wildman–Crippen LogP) is 5.51. The van der Waals surface area contributed by atoms with Crippen LogP contribution in [0.2, 0.25) is 5.02 Å². The van der Waals surface area contributed by atoms with E-state index in [-0.39, 0.29) is 11.5 Å². The third kappa shape index (κ3) is 4.13. The fourth-order valence-corrected chi connectivity index (χ4v) is 3.20. The van der Waals surface area contributed by atoms with Crippen molar-refractivity contribution in [2.24, 2.45) is 0 Å². The number of aromatic nitrogens is 2. The average molecular weight is 397 g/mol. The van der Waals surface area contributed by atoms with Gasteiger partial charge in [0, 0.05) is 16.1 Å². The minimum atomic E-state index is -0.188. The zero-order chi connectivity index (χ0) is 18.6. The maximum absolute atomic E-state index is 12.4. The molecule has 27 heavy (non-hydrogen) atoms. The van der Waals surface area contributed by atoms with Gasteiger partial charge < -0.3 is 8.83 Å². The van der Waals surface area contributed by atoms with Crippen molar-refractivity contribution in [2.75, 3.05) is 0 Å². The van der Waals surface area contributed by atoms with Crippen molar-refractivity contribution in [3.8, 4) is 11.5 Å². The lowest BCUT2D eigenvalue weighted by Gasteiger charge is -1.98. The zero-order valence-electron chi connectivity index (χ0n) is 14.0. The molecule has 2 heterocycles. The standard InChI is InChI=1S/C20H13ClN2O3S/c21-15-8-6-13(7-9-15)18(24)17-11-10-16(25-17)12-27-20-23-22-19(26-20)14-4-2-1-3-5-14/h1-11H,12H2. The molecule has 0 spiro atoms. The molecule has 134 valence electrons. The van der Waals surface area contributed by atoms with Gasteiger partial charge in [0.1, 0.15) is 5.76 Å². The van der Waals surface area contributed by atoms with Crippen LogP contribution in [0.15, 0.2) is 80.8 Å². The van der Waals surface area contributed by atoms with Crippen LogP contribution in [0.4, 0.5) is 0 Å². The first-order valence-electron chi connectivity index (χ1n) is 8.10. The number of halogens is 1. The SMILES string of the molecule is O=C(c1ccc(Cl)cc1)c1ccc(CSc2nnc(-c3ccccc3)o2)o1. The van der Waals surface area contributed by atoms with Crippen molar-refractivity contribution in [1.29, 1.82) is 0 Å². The summed E-state index contributed by atoms with van der Waals surface area (Å²) < 4.78 is 11.3. The average Bonchev–Trinajstić information content (AvgIpc) is 3.37. The largest absolute Gasteiger partial charge is 0.457 e. The fourth-order valence-electron chi connectivity index (χ4n) is 2.42. The Bertz CT molecular complexity index is 1060. The molecule has 0 radical (unpaired) electrons. The van der Waals surface area contributed by atoms with E-state index in [2.05, 4.69) is 10.2 Å². The number of thioether (sulfide) groups is 1. The third-order valence-electron chi connectivity index (χ3n) is 3.76. The molecule has 4 rings (SSSR count). The van der Waals surface area contributed by atoms with Crippen molar-refractivity contribution in [3.05, 3.63) is 88.8 Å². The Morgan fingerprint density at radius 2 is 1.70 bits per heavy atom. The second-order valence-electron chi connectivity index (χ2n) is 5.63. The second-order valence-corrected chi connectivity index (χ2v) is 6.99. The predicted molar refractivity (Wildman–Crippen MR) is 103 cm³/mol. The molecule has 0 bridgehead atoms. The molecular formula is C20H13ClN2O3S. The molecule has 0 unspecified atom stereocenters. The molecule has 0 saturated heterocycles. The van der Waals surface area contributed by atoms with E-state index in [1.807, 2.05) is 30.3 Å². The summed E-state index contributed by atoms with van der Waals surface area (Å²) >= 11 is 7.20. The van der Waals surface area contributed by atoms with E-state index in [0.29, 0.717) is 33.2 Å². The smallest absolute Gasteiger partial charge is 0.277 e. The van der Waals surface area contributed by atoms with Crippen molar-refractivity contribution in [3.63, 3.8) is 0 Å². The Kier molecular flexibility index (Phi) is 5.09. The molecule has 0 aliphatic heterocycles. The summed E-state index contributed by atoms with van der Waals surface area (Å²) in [7, 11) is 0. The summed E-state index contributed by atoms with van der Waals surface area (Å²) in [4.78, 5) is 12.4. The van der Waals surface area contributed by atoms with Crippen molar-refractivity contribution < 1.29 is 13.6 Å². The number of furan rings is 1. The molecule has 0 aliphatic carbocycles. The van der Waals surface area contributed by atoms with E-state index in [1.165, 1.54) is 11.8 Å². The molecule has 2 aromatic carbocycles. The lowest BCUT2D eigenvalue weighted by atomic mass is 10.1. The number of hydrogen-bond donors (Lipinski definition) is 0. The van der Waals surface area contributed by atoms with Crippen LogP contribution in [0.1, 0.15) is 21.9 Å². The van der Waals surface area contributed by atoms with Gasteiger partial charge in [-0.05, 0) is 48.5 Å². The molecular weight excluding hydrogens is 384 g/mol. The van der Waals surface area contributed by atoms with Crippen molar-refractivity contribution in [2.45, 2.75) is 11.0 Å². The van der Waals surface area contributed by atoms with Gasteiger partial charge in [-0.2, -0.15) is 0 Å². The van der Waals surface area contributed by atoms with Crippen molar-refractivity contribution >= 4 is 29.1 Å². The number of rotatable bonds is 6. The van der Waals surface area contributed by atoms with Crippen LogP contribution >= 0.6 is 23.4 Å². The van der Waals surface area contributed by atoms with E-state index in [1.54, 1.807) is 36.4 Å². The van der Waals surface area contributed by atoms with Gasteiger partial charge in [0.05, 0.1) is 5.75 Å². The second kappa shape index (κ2) is 7.82. The number of hydrogen-bond acceptors (Lipinski definition) is 6. The van der Waals surface area contributed by atoms with E-state index < -0.39 is 0 Å². The molecule has 0 aliphatic rings. The van der Waals surface area contributed by atoms with Gasteiger partial charge in [0.2, 0.25) is 11.7 Å². The maximum Gasteiger partial charge on any atom is 0.277 e. The highest BCUT2D eigenvalue weighted by atomic mass is 35.5. The Hall–Kier alpha value is -2.83. The molecule has 5 nitrogen and oxygen atoms in total. The first-order valence-corrected chi connectivity index (χ1v) is 9.46. The summed E-state index contributed by atoms with van der Waals surface area (Å²) in [6, 6.07) is 19.7. The Balaban J connectivity index is 1.41. The Morgan fingerprint density at radius 1 is 0.926 bits per heavy atom. The third-order valence-corrected chi connectivity index (χ3v) is 4.85. The first kappa shape index (κ1) is 17.6. The monoisotopic (exact) mass is 396 g/mol. The minimum absolute atomic E-state index is 0.188. The molecule has 0 atom stereocenters. The number of carbonyl (C=O) groups is 1. The van der Waals surface area contributed by atoms with E-state index in [0.717, 1.165) is 5.56 Å². The lowest BCUT2D eigenvalue weighted by molar-refractivity contribution is 0.101. The zero-order valence-corrected chi connectivity index (χ0v) is 15.5. The highest BCUT2D eigenvalue weighted by molar-refractivity contribution is 7.98. The number of benzene rings is 2. The van der Waals surface area contributed by atoms with Gasteiger partial charge >= 0.3 is 0 Å². The van der Waals surface area contributed by atoms with E-state index in [4.69, 9.17) is 20.4 Å². The number of nitrogens with zero attached hydrogens (tertiary/aromatic N) is 2. The van der Waals surface area contributed by atoms with Crippen LogP contribution in [0.25, 0.3) is 11.5 Å². The summed E-state index contributed by atoms with van der Waals surface area (Å²) in [6.45, 7) is 0.